The highest BCUT2D eigenvalue weighted by Crippen LogP contribution is 2.23. The van der Waals surface area contributed by atoms with E-state index in [1.807, 2.05) is 43.3 Å². The van der Waals surface area contributed by atoms with Crippen molar-refractivity contribution < 1.29 is 9.90 Å². The fourth-order valence-electron chi connectivity index (χ4n) is 1.40. The van der Waals surface area contributed by atoms with Crippen LogP contribution in [0.4, 0.5) is 16.5 Å². The van der Waals surface area contributed by atoms with Crippen molar-refractivity contribution in [3.8, 4) is 0 Å². The van der Waals surface area contributed by atoms with Crippen molar-refractivity contribution in [3.05, 3.63) is 35.3 Å². The normalized spacial score (nSPS) is 10.1. The van der Waals surface area contributed by atoms with Crippen LogP contribution in [0.2, 0.25) is 0 Å². The average molecular weight is 263 g/mol. The third kappa shape index (κ3) is 2.78. The van der Waals surface area contributed by atoms with Crippen LogP contribution >= 0.6 is 11.3 Å². The van der Waals surface area contributed by atoms with Gasteiger partial charge in [0.1, 0.15) is 4.88 Å². The number of aromatic nitrogens is 1. The van der Waals surface area contributed by atoms with E-state index >= 15 is 0 Å². The van der Waals surface area contributed by atoms with Gasteiger partial charge in [-0.3, -0.25) is 0 Å². The Labute approximate surface area is 109 Å². The highest BCUT2D eigenvalue weighted by atomic mass is 32.1. The molecule has 0 fully saturated rings. The van der Waals surface area contributed by atoms with E-state index in [2.05, 4.69) is 10.3 Å². The Bertz CT molecular complexity index is 549. The number of carboxylic acid groups (broad SMARTS) is 1. The number of nitrogens with zero attached hydrogens (tertiary/aromatic N) is 2. The third-order valence-corrected chi connectivity index (χ3v) is 3.25. The van der Waals surface area contributed by atoms with Gasteiger partial charge in [0.25, 0.3) is 0 Å². The number of thiazole rings is 1. The first-order valence-electron chi connectivity index (χ1n) is 5.30. The lowest BCUT2D eigenvalue weighted by Gasteiger charge is -2.12. The molecule has 0 spiro atoms. The molecule has 2 rings (SSSR count). The van der Waals surface area contributed by atoms with Crippen molar-refractivity contribution in [2.75, 3.05) is 24.3 Å². The molecule has 0 aliphatic rings. The van der Waals surface area contributed by atoms with Crippen LogP contribution in [-0.4, -0.2) is 30.2 Å². The second-order valence-corrected chi connectivity index (χ2v) is 4.93. The fourth-order valence-corrected chi connectivity index (χ4v) is 2.07. The minimum atomic E-state index is -0.955. The standard InChI is InChI=1S/C12H13N3O2S/c1-15(2)9-5-3-8(4-6-9)14-12-13-7-10(18-12)11(16)17/h3-7H,1-2H3,(H,13,14)(H,16,17). The van der Waals surface area contributed by atoms with Gasteiger partial charge in [-0.1, -0.05) is 11.3 Å². The SMILES string of the molecule is CN(C)c1ccc(Nc2ncc(C(=O)O)s2)cc1. The van der Waals surface area contributed by atoms with Crippen molar-refractivity contribution in [2.24, 2.45) is 0 Å². The summed E-state index contributed by atoms with van der Waals surface area (Å²) in [6, 6.07) is 7.82. The number of hydrogen-bond acceptors (Lipinski definition) is 5. The van der Waals surface area contributed by atoms with Gasteiger partial charge in [0.2, 0.25) is 0 Å². The van der Waals surface area contributed by atoms with Crippen LogP contribution in [0, 0.1) is 0 Å². The number of benzene rings is 1. The molecule has 0 amide bonds. The summed E-state index contributed by atoms with van der Waals surface area (Å²) in [6.45, 7) is 0. The lowest BCUT2D eigenvalue weighted by Crippen LogP contribution is -2.08. The predicted octanol–water partition coefficient (Wildman–Crippen LogP) is 2.65. The molecule has 1 heterocycles. The van der Waals surface area contributed by atoms with Crippen LogP contribution in [0.15, 0.2) is 30.5 Å². The second kappa shape index (κ2) is 5.05. The van der Waals surface area contributed by atoms with Crippen LogP contribution in [-0.2, 0) is 0 Å². The van der Waals surface area contributed by atoms with Crippen LogP contribution in [0.1, 0.15) is 9.67 Å². The van der Waals surface area contributed by atoms with Crippen LogP contribution in [0.3, 0.4) is 0 Å². The van der Waals surface area contributed by atoms with Gasteiger partial charge in [0.05, 0.1) is 6.20 Å². The third-order valence-electron chi connectivity index (χ3n) is 2.35. The molecule has 2 aromatic rings. The smallest absolute Gasteiger partial charge is 0.347 e. The largest absolute Gasteiger partial charge is 0.477 e. The minimum Gasteiger partial charge on any atom is -0.477 e. The predicted molar refractivity (Wildman–Crippen MR) is 73.1 cm³/mol. The van der Waals surface area contributed by atoms with E-state index in [0.29, 0.717) is 5.13 Å². The molecule has 18 heavy (non-hydrogen) atoms. The van der Waals surface area contributed by atoms with Gasteiger partial charge in [-0.2, -0.15) is 0 Å². The average Bonchev–Trinajstić information content (AvgIpc) is 2.78. The Kier molecular flexibility index (Phi) is 3.47. The molecule has 2 N–H and O–H groups in total. The van der Waals surface area contributed by atoms with Crippen molar-refractivity contribution in [2.45, 2.75) is 0 Å². The van der Waals surface area contributed by atoms with Gasteiger partial charge < -0.3 is 15.3 Å². The highest BCUT2D eigenvalue weighted by Gasteiger charge is 2.08. The molecule has 1 aromatic heterocycles. The number of aromatic carboxylic acids is 1. The number of anilines is 3. The van der Waals surface area contributed by atoms with Gasteiger partial charge >= 0.3 is 5.97 Å². The number of nitrogens with one attached hydrogen (secondary N) is 1. The molecule has 0 saturated heterocycles. The van der Waals surface area contributed by atoms with E-state index in [1.54, 1.807) is 0 Å². The summed E-state index contributed by atoms with van der Waals surface area (Å²) in [6.07, 6.45) is 1.35. The second-order valence-electron chi connectivity index (χ2n) is 3.90. The van der Waals surface area contributed by atoms with Crippen LogP contribution in [0.25, 0.3) is 0 Å². The van der Waals surface area contributed by atoms with E-state index in [0.717, 1.165) is 22.7 Å². The summed E-state index contributed by atoms with van der Waals surface area (Å²) in [5.74, 6) is -0.955. The van der Waals surface area contributed by atoms with Crippen molar-refractivity contribution in [3.63, 3.8) is 0 Å². The summed E-state index contributed by atoms with van der Waals surface area (Å²) >= 11 is 1.11. The Morgan fingerprint density at radius 2 is 2.00 bits per heavy atom. The fraction of sp³-hybridized carbons (Fsp3) is 0.167. The van der Waals surface area contributed by atoms with Gasteiger partial charge in [-0.15, -0.1) is 0 Å². The molecule has 0 bridgehead atoms. The number of hydrogen-bond donors (Lipinski definition) is 2. The van der Waals surface area contributed by atoms with Crippen molar-refractivity contribution >= 4 is 33.8 Å². The first kappa shape index (κ1) is 12.4. The zero-order valence-electron chi connectivity index (χ0n) is 10.0. The molecule has 0 aliphatic carbocycles. The molecule has 94 valence electrons. The van der Waals surface area contributed by atoms with Gasteiger partial charge in [0.15, 0.2) is 5.13 Å². The molecule has 5 nitrogen and oxygen atoms in total. The van der Waals surface area contributed by atoms with E-state index in [1.165, 1.54) is 6.20 Å². The quantitative estimate of drug-likeness (QED) is 0.887. The zero-order valence-corrected chi connectivity index (χ0v) is 10.9. The minimum absolute atomic E-state index is 0.224. The van der Waals surface area contributed by atoms with Crippen molar-refractivity contribution in [1.29, 1.82) is 0 Å². The van der Waals surface area contributed by atoms with Gasteiger partial charge in [0, 0.05) is 25.5 Å². The van der Waals surface area contributed by atoms with E-state index in [9.17, 15) is 4.79 Å². The van der Waals surface area contributed by atoms with E-state index in [4.69, 9.17) is 5.11 Å². The Balaban J connectivity index is 2.10. The molecular weight excluding hydrogens is 250 g/mol. The van der Waals surface area contributed by atoms with Crippen LogP contribution < -0.4 is 10.2 Å². The lowest BCUT2D eigenvalue weighted by molar-refractivity contribution is 0.0702. The summed E-state index contributed by atoms with van der Waals surface area (Å²) in [5, 5.41) is 12.4. The summed E-state index contributed by atoms with van der Waals surface area (Å²) in [7, 11) is 3.95. The maximum atomic E-state index is 10.7. The maximum absolute atomic E-state index is 10.7. The Hall–Kier alpha value is -2.08. The van der Waals surface area contributed by atoms with Crippen LogP contribution in [0.5, 0.6) is 0 Å². The first-order chi connectivity index (χ1) is 8.56. The molecule has 0 radical (unpaired) electrons. The monoisotopic (exact) mass is 263 g/mol. The van der Waals surface area contributed by atoms with Crippen molar-refractivity contribution in [1.82, 2.24) is 4.98 Å². The zero-order chi connectivity index (χ0) is 13.1. The molecule has 0 atom stereocenters. The first-order valence-corrected chi connectivity index (χ1v) is 6.11. The number of rotatable bonds is 4. The van der Waals surface area contributed by atoms with Gasteiger partial charge in [-0.05, 0) is 24.3 Å². The Morgan fingerprint density at radius 3 is 2.50 bits per heavy atom. The molecule has 6 heteroatoms. The number of carbonyl (C=O) groups is 1. The maximum Gasteiger partial charge on any atom is 0.347 e. The topological polar surface area (TPSA) is 65.5 Å². The van der Waals surface area contributed by atoms with E-state index in [-0.39, 0.29) is 4.88 Å². The Morgan fingerprint density at radius 1 is 1.33 bits per heavy atom. The van der Waals surface area contributed by atoms with E-state index < -0.39 is 5.97 Å². The highest BCUT2D eigenvalue weighted by molar-refractivity contribution is 7.17. The summed E-state index contributed by atoms with van der Waals surface area (Å²) < 4.78 is 0. The summed E-state index contributed by atoms with van der Waals surface area (Å²) in [5.41, 5.74) is 1.98. The molecular formula is C12H13N3O2S. The molecule has 0 saturated carbocycles. The molecule has 0 aliphatic heterocycles. The molecule has 1 aromatic carbocycles. The summed E-state index contributed by atoms with van der Waals surface area (Å²) in [4.78, 5) is 17.0. The number of carboxylic acids is 1. The van der Waals surface area contributed by atoms with Gasteiger partial charge in [-0.25, -0.2) is 9.78 Å². The molecule has 0 unspecified atom stereocenters. The lowest BCUT2D eigenvalue weighted by atomic mass is 10.2.